The minimum atomic E-state index is -0.617. The molecule has 2 aromatic carbocycles. The van der Waals surface area contributed by atoms with Crippen LogP contribution in [0.3, 0.4) is 0 Å². The lowest BCUT2D eigenvalue weighted by molar-refractivity contribution is 0.0953. The fraction of sp³-hybridized carbons (Fsp3) is 0.217. The SMILES string of the molecule is COc1ccc([C@H]2c3c(n(C)c(=O)n(C)c3=O)N=C3c4ccccc4C(=O)[C@@H]32)cc1. The molecular formula is C23H19N3O4. The standard InChI is InChI=1S/C23H19N3O4/c1-25-21-18(22(28)26(2)23(25)29)16(12-8-10-13(30-3)11-9-12)17-19(24-21)14-6-4-5-7-15(14)20(17)27/h4-11,16-17H,1-3H3/t16-,17-/m1/s1. The van der Waals surface area contributed by atoms with Crippen molar-refractivity contribution in [3.8, 4) is 5.75 Å². The number of hydrogen-bond donors (Lipinski definition) is 0. The normalized spacial score (nSPS) is 19.0. The molecule has 30 heavy (non-hydrogen) atoms. The average Bonchev–Trinajstić information content (AvgIpc) is 3.07. The zero-order chi connectivity index (χ0) is 21.2. The molecule has 3 aromatic rings. The van der Waals surface area contributed by atoms with Gasteiger partial charge in [0.1, 0.15) is 11.6 Å². The number of ketones is 1. The Bertz CT molecular complexity index is 1360. The highest BCUT2D eigenvalue weighted by molar-refractivity contribution is 6.30. The fourth-order valence-corrected chi connectivity index (χ4v) is 4.54. The lowest BCUT2D eigenvalue weighted by Gasteiger charge is -2.29. The molecule has 0 radical (unpaired) electrons. The molecule has 0 bridgehead atoms. The van der Waals surface area contributed by atoms with Crippen LogP contribution in [0.15, 0.2) is 63.1 Å². The van der Waals surface area contributed by atoms with Crippen LogP contribution in [-0.4, -0.2) is 27.7 Å². The molecule has 2 heterocycles. The van der Waals surface area contributed by atoms with Gasteiger partial charge in [0.05, 0.1) is 24.3 Å². The highest BCUT2D eigenvalue weighted by Gasteiger charge is 2.47. The zero-order valence-electron chi connectivity index (χ0n) is 16.7. The maximum absolute atomic E-state index is 13.4. The van der Waals surface area contributed by atoms with Gasteiger partial charge in [0.2, 0.25) is 0 Å². The van der Waals surface area contributed by atoms with Crippen molar-refractivity contribution in [3.05, 3.63) is 91.6 Å². The van der Waals surface area contributed by atoms with Crippen molar-refractivity contribution < 1.29 is 9.53 Å². The van der Waals surface area contributed by atoms with Gasteiger partial charge in [-0.25, -0.2) is 9.79 Å². The van der Waals surface area contributed by atoms with E-state index in [1.54, 1.807) is 32.4 Å². The van der Waals surface area contributed by atoms with Gasteiger partial charge in [0.25, 0.3) is 5.56 Å². The van der Waals surface area contributed by atoms with Crippen LogP contribution in [0.25, 0.3) is 0 Å². The largest absolute Gasteiger partial charge is 0.497 e. The summed E-state index contributed by atoms with van der Waals surface area (Å²) in [5.74, 6) is -0.248. The Morgan fingerprint density at radius 2 is 1.53 bits per heavy atom. The van der Waals surface area contributed by atoms with Gasteiger partial charge in [0, 0.05) is 31.1 Å². The van der Waals surface area contributed by atoms with Gasteiger partial charge in [-0.05, 0) is 17.7 Å². The highest BCUT2D eigenvalue weighted by Crippen LogP contribution is 2.46. The Hall–Kier alpha value is -3.74. The topological polar surface area (TPSA) is 82.7 Å². The number of rotatable bonds is 2. The van der Waals surface area contributed by atoms with E-state index in [4.69, 9.17) is 9.73 Å². The predicted octanol–water partition coefficient (Wildman–Crippen LogP) is 2.17. The molecule has 0 saturated heterocycles. The van der Waals surface area contributed by atoms with E-state index in [1.165, 1.54) is 11.6 Å². The second-order valence-corrected chi connectivity index (χ2v) is 7.58. The van der Waals surface area contributed by atoms with E-state index < -0.39 is 23.1 Å². The van der Waals surface area contributed by atoms with Crippen LogP contribution in [0, 0.1) is 5.92 Å². The molecule has 1 aliphatic carbocycles. The Kier molecular flexibility index (Phi) is 3.89. The molecule has 2 atom stereocenters. The van der Waals surface area contributed by atoms with Crippen LogP contribution < -0.4 is 16.0 Å². The van der Waals surface area contributed by atoms with Crippen LogP contribution >= 0.6 is 0 Å². The van der Waals surface area contributed by atoms with E-state index in [0.717, 1.165) is 15.7 Å². The number of carbonyl (C=O) groups excluding carboxylic acids is 1. The summed E-state index contributed by atoms with van der Waals surface area (Å²) < 4.78 is 7.71. The number of nitrogens with zero attached hydrogens (tertiary/aromatic N) is 3. The summed E-state index contributed by atoms with van der Waals surface area (Å²) >= 11 is 0. The van der Waals surface area contributed by atoms with Crippen molar-refractivity contribution in [3.63, 3.8) is 0 Å². The fourth-order valence-electron chi connectivity index (χ4n) is 4.54. The number of aliphatic imine (C=N–C) groups is 1. The van der Waals surface area contributed by atoms with Gasteiger partial charge in [-0.3, -0.25) is 18.7 Å². The van der Waals surface area contributed by atoms with Crippen LogP contribution in [0.4, 0.5) is 5.82 Å². The second-order valence-electron chi connectivity index (χ2n) is 7.58. The smallest absolute Gasteiger partial charge is 0.332 e. The molecule has 0 N–H and O–H groups in total. The molecule has 0 fully saturated rings. The molecule has 7 nitrogen and oxygen atoms in total. The molecule has 1 aliphatic heterocycles. The molecule has 1 aromatic heterocycles. The van der Waals surface area contributed by atoms with E-state index >= 15 is 0 Å². The third-order valence-corrected chi connectivity index (χ3v) is 6.06. The Morgan fingerprint density at radius 1 is 0.867 bits per heavy atom. The number of fused-ring (bicyclic) bond motifs is 4. The van der Waals surface area contributed by atoms with E-state index in [9.17, 15) is 14.4 Å². The zero-order valence-corrected chi connectivity index (χ0v) is 16.7. The second kappa shape index (κ2) is 6.38. The maximum Gasteiger partial charge on any atom is 0.332 e. The van der Waals surface area contributed by atoms with Crippen molar-refractivity contribution in [1.82, 2.24) is 9.13 Å². The first-order chi connectivity index (χ1) is 14.4. The minimum absolute atomic E-state index is 0.0632. The van der Waals surface area contributed by atoms with Gasteiger partial charge < -0.3 is 4.74 Å². The van der Waals surface area contributed by atoms with Crippen LogP contribution in [0.1, 0.15) is 33.0 Å². The highest BCUT2D eigenvalue weighted by atomic mass is 16.5. The Balaban J connectivity index is 1.87. The molecular weight excluding hydrogens is 382 g/mol. The van der Waals surface area contributed by atoms with E-state index in [-0.39, 0.29) is 5.78 Å². The van der Waals surface area contributed by atoms with Crippen molar-refractivity contribution in [2.24, 2.45) is 25.0 Å². The number of methoxy groups -OCH3 is 1. The number of ether oxygens (including phenoxy) is 1. The number of benzene rings is 2. The molecule has 2 aliphatic rings. The summed E-state index contributed by atoms with van der Waals surface area (Å²) in [4.78, 5) is 43.9. The van der Waals surface area contributed by atoms with Crippen molar-refractivity contribution in [2.45, 2.75) is 5.92 Å². The molecule has 0 unspecified atom stereocenters. The number of aromatic nitrogens is 2. The Labute approximate surface area is 171 Å². The summed E-state index contributed by atoms with van der Waals surface area (Å²) in [5.41, 5.74) is 2.23. The van der Waals surface area contributed by atoms with Crippen LogP contribution in [0.5, 0.6) is 5.75 Å². The third kappa shape index (κ3) is 2.32. The Morgan fingerprint density at radius 3 is 2.20 bits per heavy atom. The average molecular weight is 401 g/mol. The third-order valence-electron chi connectivity index (χ3n) is 6.06. The van der Waals surface area contributed by atoms with E-state index in [1.807, 2.05) is 30.3 Å². The number of hydrogen-bond acceptors (Lipinski definition) is 5. The lowest BCUT2D eigenvalue weighted by atomic mass is 9.76. The van der Waals surface area contributed by atoms with Gasteiger partial charge in [-0.2, -0.15) is 0 Å². The minimum Gasteiger partial charge on any atom is -0.497 e. The first-order valence-corrected chi connectivity index (χ1v) is 9.60. The summed E-state index contributed by atoms with van der Waals surface area (Å²) in [5, 5.41) is 0. The van der Waals surface area contributed by atoms with E-state index in [2.05, 4.69) is 0 Å². The van der Waals surface area contributed by atoms with Crippen molar-refractivity contribution in [1.29, 1.82) is 0 Å². The number of Topliss-reactive ketones (excluding diaryl/α,β-unsaturated/α-hetero) is 1. The summed E-state index contributed by atoms with van der Waals surface area (Å²) in [6.07, 6.45) is 0. The van der Waals surface area contributed by atoms with Gasteiger partial charge >= 0.3 is 5.69 Å². The quantitative estimate of drug-likeness (QED) is 0.659. The molecule has 0 amide bonds. The van der Waals surface area contributed by atoms with Gasteiger partial charge in [-0.15, -0.1) is 0 Å². The predicted molar refractivity (Wildman–Crippen MR) is 112 cm³/mol. The lowest BCUT2D eigenvalue weighted by Crippen LogP contribution is -2.43. The van der Waals surface area contributed by atoms with Crippen LogP contribution in [-0.2, 0) is 14.1 Å². The monoisotopic (exact) mass is 401 g/mol. The molecule has 0 spiro atoms. The van der Waals surface area contributed by atoms with Gasteiger partial charge in [-0.1, -0.05) is 36.4 Å². The molecule has 5 rings (SSSR count). The number of carbonyl (C=O) groups is 1. The molecule has 0 saturated carbocycles. The summed E-state index contributed by atoms with van der Waals surface area (Å²) in [6.45, 7) is 0. The van der Waals surface area contributed by atoms with E-state index in [0.29, 0.717) is 28.4 Å². The van der Waals surface area contributed by atoms with Crippen molar-refractivity contribution in [2.75, 3.05) is 7.11 Å². The summed E-state index contributed by atoms with van der Waals surface area (Å²) in [7, 11) is 4.62. The maximum atomic E-state index is 13.4. The van der Waals surface area contributed by atoms with Crippen LogP contribution in [0.2, 0.25) is 0 Å². The van der Waals surface area contributed by atoms with Crippen molar-refractivity contribution >= 4 is 17.3 Å². The first kappa shape index (κ1) is 18.3. The molecule has 7 heteroatoms. The summed E-state index contributed by atoms with van der Waals surface area (Å²) in [6, 6.07) is 14.6. The first-order valence-electron chi connectivity index (χ1n) is 9.60. The molecule has 150 valence electrons. The van der Waals surface area contributed by atoms with Gasteiger partial charge in [0.15, 0.2) is 5.78 Å².